The summed E-state index contributed by atoms with van der Waals surface area (Å²) in [4.78, 5) is 11.7. The molecule has 2 aromatic rings. The molecule has 3 N–H and O–H groups in total. The van der Waals surface area contributed by atoms with Gasteiger partial charge in [-0.05, 0) is 26.0 Å². The number of hydrogen-bond acceptors (Lipinski definition) is 3. The lowest BCUT2D eigenvalue weighted by molar-refractivity contribution is 0.496. The summed E-state index contributed by atoms with van der Waals surface area (Å²) in [6.45, 7) is 3.25. The van der Waals surface area contributed by atoms with Crippen LogP contribution >= 0.6 is 0 Å². The van der Waals surface area contributed by atoms with Crippen molar-refractivity contribution in [1.82, 2.24) is 14.8 Å². The van der Waals surface area contributed by atoms with E-state index < -0.39 is 22.9 Å². The molecule has 2 rings (SSSR count). The topological polar surface area (TPSA) is 76.7 Å². The Balaban J connectivity index is 2.71. The van der Waals surface area contributed by atoms with Gasteiger partial charge in [0.05, 0.1) is 11.2 Å². The number of halogens is 2. The third-order valence-corrected chi connectivity index (χ3v) is 2.40. The van der Waals surface area contributed by atoms with Gasteiger partial charge < -0.3 is 5.73 Å². The first kappa shape index (κ1) is 12.4. The van der Waals surface area contributed by atoms with E-state index >= 15 is 0 Å². The maximum atomic E-state index is 13.7. The summed E-state index contributed by atoms with van der Waals surface area (Å²) in [5.41, 5.74) is 4.18. The number of aromatic amines is 1. The molecule has 1 aromatic heterocycles. The Hall–Kier alpha value is -2.02. The van der Waals surface area contributed by atoms with Crippen LogP contribution in [0.25, 0.3) is 5.69 Å². The zero-order valence-corrected chi connectivity index (χ0v) is 9.87. The molecule has 0 unspecified atom stereocenters. The first-order valence-corrected chi connectivity index (χ1v) is 5.23. The highest BCUT2D eigenvalue weighted by atomic mass is 19.1. The highest BCUT2D eigenvalue weighted by Gasteiger charge is 2.25. The minimum Gasteiger partial charge on any atom is -0.319 e. The molecule has 1 heterocycles. The molecule has 5 nitrogen and oxygen atoms in total. The van der Waals surface area contributed by atoms with E-state index in [0.29, 0.717) is 6.07 Å². The lowest BCUT2D eigenvalue weighted by atomic mass is 10.1. The standard InChI is InChI=1S/C11H12F2N4O/c1-11(2,14)9-15-16-10(18)17(9)8-4-3-6(12)5-7(8)13/h3-5H,14H2,1-2H3,(H,16,18). The molecule has 0 fully saturated rings. The average molecular weight is 254 g/mol. The zero-order valence-electron chi connectivity index (χ0n) is 9.87. The van der Waals surface area contributed by atoms with Gasteiger partial charge in [-0.15, -0.1) is 0 Å². The third kappa shape index (κ3) is 2.04. The molecule has 0 bridgehead atoms. The van der Waals surface area contributed by atoms with Gasteiger partial charge in [-0.1, -0.05) is 0 Å². The van der Waals surface area contributed by atoms with Crippen molar-refractivity contribution in [3.05, 3.63) is 46.1 Å². The number of H-pyrrole nitrogens is 1. The Morgan fingerprint density at radius 2 is 2.06 bits per heavy atom. The van der Waals surface area contributed by atoms with E-state index in [1.54, 1.807) is 13.8 Å². The predicted octanol–water partition coefficient (Wildman–Crippen LogP) is 1.03. The number of hydrogen-bond donors (Lipinski definition) is 2. The fraction of sp³-hybridized carbons (Fsp3) is 0.273. The van der Waals surface area contributed by atoms with Crippen LogP contribution in [0.4, 0.5) is 8.78 Å². The quantitative estimate of drug-likeness (QED) is 0.840. The van der Waals surface area contributed by atoms with Gasteiger partial charge in [0, 0.05) is 6.07 Å². The molecule has 0 aliphatic heterocycles. The third-order valence-electron chi connectivity index (χ3n) is 2.40. The molecule has 18 heavy (non-hydrogen) atoms. The number of aromatic nitrogens is 3. The average Bonchev–Trinajstić information content (AvgIpc) is 2.60. The van der Waals surface area contributed by atoms with Gasteiger partial charge in [-0.2, -0.15) is 5.10 Å². The van der Waals surface area contributed by atoms with Gasteiger partial charge in [0.1, 0.15) is 11.6 Å². The van der Waals surface area contributed by atoms with Crippen LogP contribution in [-0.4, -0.2) is 14.8 Å². The second-order valence-corrected chi connectivity index (χ2v) is 4.51. The minimum atomic E-state index is -0.944. The molecular formula is C11H12F2N4O. The predicted molar refractivity (Wildman–Crippen MR) is 61.3 cm³/mol. The van der Waals surface area contributed by atoms with E-state index in [-0.39, 0.29) is 11.5 Å². The van der Waals surface area contributed by atoms with Crippen molar-refractivity contribution in [2.75, 3.05) is 0 Å². The molecule has 1 aromatic carbocycles. The maximum absolute atomic E-state index is 13.7. The van der Waals surface area contributed by atoms with E-state index in [9.17, 15) is 13.6 Å². The van der Waals surface area contributed by atoms with Crippen molar-refractivity contribution in [3.63, 3.8) is 0 Å². The Kier molecular flexibility index (Phi) is 2.78. The molecule has 0 saturated heterocycles. The SMILES string of the molecule is CC(C)(N)c1n[nH]c(=O)n1-c1ccc(F)cc1F. The van der Waals surface area contributed by atoms with Gasteiger partial charge in [0.15, 0.2) is 5.82 Å². The van der Waals surface area contributed by atoms with Crippen molar-refractivity contribution < 1.29 is 8.78 Å². The van der Waals surface area contributed by atoms with Crippen LogP contribution in [0.5, 0.6) is 0 Å². The molecule has 0 amide bonds. The number of nitrogens with zero attached hydrogens (tertiary/aromatic N) is 2. The summed E-state index contributed by atoms with van der Waals surface area (Å²) in [5.74, 6) is -1.41. The first-order chi connectivity index (χ1) is 8.30. The van der Waals surface area contributed by atoms with Gasteiger partial charge >= 0.3 is 5.69 Å². The highest BCUT2D eigenvalue weighted by Crippen LogP contribution is 2.19. The molecule has 0 aliphatic carbocycles. The smallest absolute Gasteiger partial charge is 0.319 e. The Bertz CT molecular complexity index is 639. The first-order valence-electron chi connectivity index (χ1n) is 5.23. The van der Waals surface area contributed by atoms with Crippen LogP contribution in [0, 0.1) is 11.6 Å². The monoisotopic (exact) mass is 254 g/mol. The Labute approximate surface area is 101 Å². The summed E-state index contributed by atoms with van der Waals surface area (Å²) in [5, 5.41) is 5.97. The molecule has 0 spiro atoms. The zero-order chi connectivity index (χ0) is 13.5. The minimum absolute atomic E-state index is 0.0938. The van der Waals surface area contributed by atoms with Crippen molar-refractivity contribution in [3.8, 4) is 5.69 Å². The van der Waals surface area contributed by atoms with Gasteiger partial charge in [-0.25, -0.2) is 23.2 Å². The van der Waals surface area contributed by atoms with Crippen LogP contribution in [-0.2, 0) is 5.54 Å². The van der Waals surface area contributed by atoms with Crippen molar-refractivity contribution in [2.45, 2.75) is 19.4 Å². The number of nitrogens with two attached hydrogens (primary N) is 1. The van der Waals surface area contributed by atoms with Crippen molar-refractivity contribution >= 4 is 0 Å². The largest absolute Gasteiger partial charge is 0.348 e. The van der Waals surface area contributed by atoms with Crippen LogP contribution in [0.15, 0.2) is 23.0 Å². The molecule has 0 saturated carbocycles. The summed E-state index contributed by atoms with van der Waals surface area (Å²) in [6, 6.07) is 2.92. The summed E-state index contributed by atoms with van der Waals surface area (Å²) < 4.78 is 27.5. The lowest BCUT2D eigenvalue weighted by Gasteiger charge is -2.18. The molecule has 96 valence electrons. The summed E-state index contributed by atoms with van der Waals surface area (Å²) in [6.07, 6.45) is 0. The Morgan fingerprint density at radius 3 is 2.61 bits per heavy atom. The second kappa shape index (κ2) is 4.02. The van der Waals surface area contributed by atoms with E-state index in [4.69, 9.17) is 5.73 Å². The number of rotatable bonds is 2. The summed E-state index contributed by atoms with van der Waals surface area (Å²) in [7, 11) is 0. The van der Waals surface area contributed by atoms with E-state index in [0.717, 1.165) is 16.7 Å². The second-order valence-electron chi connectivity index (χ2n) is 4.51. The van der Waals surface area contributed by atoms with Crippen LogP contribution in [0.2, 0.25) is 0 Å². The van der Waals surface area contributed by atoms with Crippen LogP contribution in [0.1, 0.15) is 19.7 Å². The van der Waals surface area contributed by atoms with E-state index in [2.05, 4.69) is 10.2 Å². The lowest BCUT2D eigenvalue weighted by Crippen LogP contribution is -2.34. The maximum Gasteiger partial charge on any atom is 0.348 e. The number of nitrogens with one attached hydrogen (secondary N) is 1. The number of benzene rings is 1. The van der Waals surface area contributed by atoms with Crippen molar-refractivity contribution in [2.24, 2.45) is 5.73 Å². The molecule has 0 radical (unpaired) electrons. The fourth-order valence-corrected chi connectivity index (χ4v) is 1.62. The normalized spacial score (nSPS) is 11.8. The van der Waals surface area contributed by atoms with Crippen LogP contribution < -0.4 is 11.4 Å². The Morgan fingerprint density at radius 1 is 1.39 bits per heavy atom. The van der Waals surface area contributed by atoms with Crippen LogP contribution in [0.3, 0.4) is 0 Å². The van der Waals surface area contributed by atoms with Crippen molar-refractivity contribution in [1.29, 1.82) is 0 Å². The van der Waals surface area contributed by atoms with Gasteiger partial charge in [-0.3, -0.25) is 0 Å². The fourth-order valence-electron chi connectivity index (χ4n) is 1.62. The van der Waals surface area contributed by atoms with Gasteiger partial charge in [0.25, 0.3) is 0 Å². The molecular weight excluding hydrogens is 242 g/mol. The molecule has 0 aliphatic rings. The highest BCUT2D eigenvalue weighted by molar-refractivity contribution is 5.35. The molecule has 7 heteroatoms. The summed E-state index contributed by atoms with van der Waals surface area (Å²) >= 11 is 0. The van der Waals surface area contributed by atoms with E-state index in [1.807, 2.05) is 0 Å². The van der Waals surface area contributed by atoms with Gasteiger partial charge in [0.2, 0.25) is 0 Å². The molecule has 0 atom stereocenters. The van der Waals surface area contributed by atoms with E-state index in [1.165, 1.54) is 0 Å².